The fraction of sp³-hybridized carbons (Fsp3) is 0.667. The van der Waals surface area contributed by atoms with Crippen molar-refractivity contribution >= 4 is 29.0 Å². The van der Waals surface area contributed by atoms with Crippen LogP contribution in [0.5, 0.6) is 0 Å². The van der Waals surface area contributed by atoms with Crippen LogP contribution in [-0.2, 0) is 6.42 Å². The van der Waals surface area contributed by atoms with Crippen LogP contribution in [0.3, 0.4) is 0 Å². The van der Waals surface area contributed by atoms with E-state index in [0.29, 0.717) is 12.2 Å². The number of thioether (sulfide) groups is 1. The topological polar surface area (TPSA) is 68.0 Å². The molecule has 1 aromatic rings. The number of nitrogens with zero attached hydrogens (tertiary/aromatic N) is 1. The summed E-state index contributed by atoms with van der Waals surface area (Å²) < 4.78 is 0. The fourth-order valence-electron chi connectivity index (χ4n) is 1.43. The molecule has 0 saturated carbocycles. The lowest BCUT2D eigenvalue weighted by Gasteiger charge is -2.12. The molecule has 6 heteroatoms. The standard InChI is InChI=1S/C12H21N3OS2/c1-3-17-7-5-9(2)14-12(16)10-8-18-11(15-10)4-6-13/h8-9H,3-7,13H2,1-2H3,(H,14,16). The zero-order valence-electron chi connectivity index (χ0n) is 10.9. The van der Waals surface area contributed by atoms with Crippen molar-refractivity contribution in [3.63, 3.8) is 0 Å². The van der Waals surface area contributed by atoms with Crippen LogP contribution in [0, 0.1) is 0 Å². The van der Waals surface area contributed by atoms with Gasteiger partial charge in [0.15, 0.2) is 0 Å². The van der Waals surface area contributed by atoms with Crippen molar-refractivity contribution in [3.8, 4) is 0 Å². The molecule has 0 aliphatic heterocycles. The van der Waals surface area contributed by atoms with Gasteiger partial charge < -0.3 is 11.1 Å². The summed E-state index contributed by atoms with van der Waals surface area (Å²) in [6.07, 6.45) is 1.73. The minimum absolute atomic E-state index is 0.0801. The van der Waals surface area contributed by atoms with Crippen molar-refractivity contribution in [1.29, 1.82) is 0 Å². The smallest absolute Gasteiger partial charge is 0.270 e. The van der Waals surface area contributed by atoms with Gasteiger partial charge in [0, 0.05) is 17.8 Å². The molecule has 4 nitrogen and oxygen atoms in total. The van der Waals surface area contributed by atoms with Gasteiger partial charge in [-0.1, -0.05) is 6.92 Å². The largest absolute Gasteiger partial charge is 0.348 e. The van der Waals surface area contributed by atoms with Gasteiger partial charge in [0.05, 0.1) is 5.01 Å². The molecule has 0 aliphatic carbocycles. The SMILES string of the molecule is CCSCCC(C)NC(=O)c1csc(CCN)n1. The minimum Gasteiger partial charge on any atom is -0.348 e. The van der Waals surface area contributed by atoms with Gasteiger partial charge in [-0.2, -0.15) is 11.8 Å². The van der Waals surface area contributed by atoms with Crippen LogP contribution in [-0.4, -0.2) is 35.0 Å². The number of hydrogen-bond donors (Lipinski definition) is 2. The molecule has 1 aromatic heterocycles. The number of nitrogens with two attached hydrogens (primary N) is 1. The van der Waals surface area contributed by atoms with Gasteiger partial charge in [-0.05, 0) is 31.4 Å². The number of nitrogens with one attached hydrogen (secondary N) is 1. The summed E-state index contributed by atoms with van der Waals surface area (Å²) in [4.78, 5) is 16.2. The molecule has 1 rings (SSSR count). The van der Waals surface area contributed by atoms with Gasteiger partial charge in [0.2, 0.25) is 0 Å². The van der Waals surface area contributed by atoms with Crippen molar-refractivity contribution in [2.45, 2.75) is 32.7 Å². The summed E-state index contributed by atoms with van der Waals surface area (Å²) in [5.74, 6) is 2.12. The highest BCUT2D eigenvalue weighted by Gasteiger charge is 2.12. The zero-order chi connectivity index (χ0) is 13.4. The summed E-state index contributed by atoms with van der Waals surface area (Å²) in [5.41, 5.74) is 5.97. The molecule has 1 atom stereocenters. The predicted octanol–water partition coefficient (Wildman–Crippen LogP) is 1.91. The average Bonchev–Trinajstić information content (AvgIpc) is 2.78. The molecule has 0 aliphatic rings. The number of amides is 1. The maximum absolute atomic E-state index is 11.9. The van der Waals surface area contributed by atoms with Crippen LogP contribution in [0.1, 0.15) is 35.8 Å². The molecule has 0 radical (unpaired) electrons. The van der Waals surface area contributed by atoms with Crippen LogP contribution in [0.15, 0.2) is 5.38 Å². The van der Waals surface area contributed by atoms with E-state index in [-0.39, 0.29) is 11.9 Å². The zero-order valence-corrected chi connectivity index (χ0v) is 12.6. The number of carbonyl (C=O) groups excluding carboxylic acids is 1. The molecule has 3 N–H and O–H groups in total. The lowest BCUT2D eigenvalue weighted by molar-refractivity contribution is 0.0935. The van der Waals surface area contributed by atoms with Crippen LogP contribution in [0.4, 0.5) is 0 Å². The highest BCUT2D eigenvalue weighted by molar-refractivity contribution is 7.99. The molecule has 0 bridgehead atoms. The van der Waals surface area contributed by atoms with Crippen LogP contribution < -0.4 is 11.1 Å². The third-order valence-corrected chi connectivity index (χ3v) is 4.26. The van der Waals surface area contributed by atoms with E-state index in [1.165, 1.54) is 11.3 Å². The maximum atomic E-state index is 11.9. The molecule has 0 aromatic carbocycles. The summed E-state index contributed by atoms with van der Waals surface area (Å²) in [7, 11) is 0. The summed E-state index contributed by atoms with van der Waals surface area (Å²) in [5, 5.41) is 5.70. The Morgan fingerprint density at radius 3 is 3.11 bits per heavy atom. The van der Waals surface area contributed by atoms with Gasteiger partial charge in [0.1, 0.15) is 5.69 Å². The number of thiazole rings is 1. The van der Waals surface area contributed by atoms with Crippen molar-refractivity contribution < 1.29 is 4.79 Å². The van der Waals surface area contributed by atoms with Gasteiger partial charge >= 0.3 is 0 Å². The van der Waals surface area contributed by atoms with E-state index < -0.39 is 0 Å². The highest BCUT2D eigenvalue weighted by atomic mass is 32.2. The first-order valence-corrected chi connectivity index (χ1v) is 8.23. The molecule has 1 amide bonds. The third kappa shape index (κ3) is 5.37. The normalized spacial score (nSPS) is 12.4. The Kier molecular flexibility index (Phi) is 7.31. The van der Waals surface area contributed by atoms with Crippen LogP contribution >= 0.6 is 23.1 Å². The lowest BCUT2D eigenvalue weighted by atomic mass is 10.2. The van der Waals surface area contributed by atoms with Crippen LogP contribution in [0.2, 0.25) is 0 Å². The second-order valence-corrected chi connectivity index (χ2v) is 6.36. The van der Waals surface area contributed by atoms with Crippen LogP contribution in [0.25, 0.3) is 0 Å². The molecule has 18 heavy (non-hydrogen) atoms. The summed E-state index contributed by atoms with van der Waals surface area (Å²) in [6.45, 7) is 4.74. The van der Waals surface area contributed by atoms with E-state index in [4.69, 9.17) is 5.73 Å². The van der Waals surface area contributed by atoms with Gasteiger partial charge in [0.25, 0.3) is 5.91 Å². The molecule has 1 unspecified atom stereocenters. The van der Waals surface area contributed by atoms with Crippen molar-refractivity contribution in [1.82, 2.24) is 10.3 Å². The first kappa shape index (κ1) is 15.5. The molecule has 0 spiro atoms. The number of aromatic nitrogens is 1. The quantitative estimate of drug-likeness (QED) is 0.717. The predicted molar refractivity (Wildman–Crippen MR) is 79.4 cm³/mol. The van der Waals surface area contributed by atoms with E-state index in [9.17, 15) is 4.79 Å². The number of hydrogen-bond acceptors (Lipinski definition) is 5. The Labute approximate surface area is 117 Å². The molecule has 102 valence electrons. The Hall–Kier alpha value is -0.590. The van der Waals surface area contributed by atoms with Gasteiger partial charge in [-0.15, -0.1) is 11.3 Å². The molecular weight excluding hydrogens is 266 g/mol. The Morgan fingerprint density at radius 2 is 2.44 bits per heavy atom. The average molecular weight is 287 g/mol. The lowest BCUT2D eigenvalue weighted by Crippen LogP contribution is -2.33. The molecular formula is C12H21N3OS2. The summed E-state index contributed by atoms with van der Waals surface area (Å²) in [6, 6.07) is 0.191. The number of rotatable bonds is 8. The first-order valence-electron chi connectivity index (χ1n) is 6.20. The van der Waals surface area contributed by atoms with Gasteiger partial charge in [-0.25, -0.2) is 4.98 Å². The minimum atomic E-state index is -0.0801. The summed E-state index contributed by atoms with van der Waals surface area (Å²) >= 11 is 3.39. The first-order chi connectivity index (χ1) is 8.67. The Bertz CT molecular complexity index is 368. The molecule has 0 saturated heterocycles. The van der Waals surface area contributed by atoms with E-state index in [2.05, 4.69) is 17.2 Å². The van der Waals surface area contributed by atoms with Gasteiger partial charge in [-0.3, -0.25) is 4.79 Å². The maximum Gasteiger partial charge on any atom is 0.270 e. The fourth-order valence-corrected chi connectivity index (χ4v) is 3.03. The van der Waals surface area contributed by atoms with E-state index in [0.717, 1.165) is 29.4 Å². The highest BCUT2D eigenvalue weighted by Crippen LogP contribution is 2.10. The Morgan fingerprint density at radius 1 is 1.67 bits per heavy atom. The van der Waals surface area contributed by atoms with Crippen molar-refractivity contribution in [2.75, 3.05) is 18.1 Å². The van der Waals surface area contributed by atoms with E-state index >= 15 is 0 Å². The van der Waals surface area contributed by atoms with Crippen molar-refractivity contribution in [2.24, 2.45) is 5.73 Å². The van der Waals surface area contributed by atoms with Crippen molar-refractivity contribution in [3.05, 3.63) is 16.1 Å². The molecule has 0 fully saturated rings. The van der Waals surface area contributed by atoms with E-state index in [1.54, 1.807) is 5.38 Å². The van der Waals surface area contributed by atoms with E-state index in [1.807, 2.05) is 18.7 Å². The number of carbonyl (C=O) groups is 1. The Balaban J connectivity index is 2.38. The monoisotopic (exact) mass is 287 g/mol. The second kappa shape index (κ2) is 8.50. The third-order valence-electron chi connectivity index (χ3n) is 2.42. The second-order valence-electron chi connectivity index (χ2n) is 4.03. The molecule has 1 heterocycles.